The quantitative estimate of drug-likeness (QED) is 0.568. The zero-order valence-corrected chi connectivity index (χ0v) is 12.0. The molecule has 3 N–H and O–H groups in total. The van der Waals surface area contributed by atoms with E-state index < -0.39 is 0 Å². The molecule has 1 aromatic heterocycles. The lowest BCUT2D eigenvalue weighted by molar-refractivity contribution is 0.358. The van der Waals surface area contributed by atoms with Gasteiger partial charge < -0.3 is 4.42 Å². The summed E-state index contributed by atoms with van der Waals surface area (Å²) in [6.07, 6.45) is 1.04. The SMILES string of the molecule is Cc1cccc2cc(C(NN)C3Cc4ccccc43)oc12. The Labute approximate surface area is 123 Å². The second-order valence-electron chi connectivity index (χ2n) is 5.80. The average Bonchev–Trinajstić information content (AvgIpc) is 2.90. The van der Waals surface area contributed by atoms with E-state index in [9.17, 15) is 0 Å². The highest BCUT2D eigenvalue weighted by Crippen LogP contribution is 2.44. The van der Waals surface area contributed by atoms with Crippen molar-refractivity contribution in [3.05, 3.63) is 71.0 Å². The lowest BCUT2D eigenvalue weighted by Crippen LogP contribution is -2.36. The fourth-order valence-corrected chi connectivity index (χ4v) is 3.37. The van der Waals surface area contributed by atoms with Gasteiger partial charge in [0, 0.05) is 11.3 Å². The summed E-state index contributed by atoms with van der Waals surface area (Å²) < 4.78 is 6.08. The number of fused-ring (bicyclic) bond motifs is 2. The van der Waals surface area contributed by atoms with Crippen molar-refractivity contribution in [3.8, 4) is 0 Å². The van der Waals surface area contributed by atoms with Gasteiger partial charge in [0.2, 0.25) is 0 Å². The molecule has 21 heavy (non-hydrogen) atoms. The highest BCUT2D eigenvalue weighted by molar-refractivity contribution is 5.81. The maximum absolute atomic E-state index is 6.08. The zero-order chi connectivity index (χ0) is 14.4. The summed E-state index contributed by atoms with van der Waals surface area (Å²) in [6, 6.07) is 16.9. The second kappa shape index (κ2) is 4.72. The van der Waals surface area contributed by atoms with E-state index in [1.165, 1.54) is 11.1 Å². The van der Waals surface area contributed by atoms with Crippen molar-refractivity contribution in [1.82, 2.24) is 5.43 Å². The summed E-state index contributed by atoms with van der Waals surface area (Å²) in [6.45, 7) is 2.07. The van der Waals surface area contributed by atoms with Gasteiger partial charge >= 0.3 is 0 Å². The van der Waals surface area contributed by atoms with E-state index in [0.29, 0.717) is 5.92 Å². The number of furan rings is 1. The molecule has 0 radical (unpaired) electrons. The first kappa shape index (κ1) is 12.6. The van der Waals surface area contributed by atoms with E-state index in [0.717, 1.165) is 28.7 Å². The summed E-state index contributed by atoms with van der Waals surface area (Å²) in [5.74, 6) is 7.12. The van der Waals surface area contributed by atoms with Crippen molar-refractivity contribution < 1.29 is 4.42 Å². The Bertz CT molecular complexity index is 806. The third-order valence-electron chi connectivity index (χ3n) is 4.54. The zero-order valence-electron chi connectivity index (χ0n) is 12.0. The Morgan fingerprint density at radius 1 is 1.19 bits per heavy atom. The van der Waals surface area contributed by atoms with Gasteiger partial charge in [-0.2, -0.15) is 0 Å². The highest BCUT2D eigenvalue weighted by Gasteiger charge is 2.34. The smallest absolute Gasteiger partial charge is 0.137 e. The summed E-state index contributed by atoms with van der Waals surface area (Å²) in [5.41, 5.74) is 7.85. The Morgan fingerprint density at radius 3 is 2.81 bits per heavy atom. The number of hydrogen-bond acceptors (Lipinski definition) is 3. The molecule has 3 heteroatoms. The topological polar surface area (TPSA) is 51.2 Å². The molecule has 0 spiro atoms. The molecule has 3 nitrogen and oxygen atoms in total. The summed E-state index contributed by atoms with van der Waals surface area (Å²) >= 11 is 0. The van der Waals surface area contributed by atoms with E-state index in [1.807, 2.05) is 0 Å². The number of para-hydroxylation sites is 1. The van der Waals surface area contributed by atoms with Gasteiger partial charge in [-0.1, -0.05) is 42.5 Å². The maximum Gasteiger partial charge on any atom is 0.137 e. The molecule has 0 bridgehead atoms. The number of hydrazine groups is 1. The number of hydrogen-bond donors (Lipinski definition) is 2. The minimum absolute atomic E-state index is 0.0201. The van der Waals surface area contributed by atoms with E-state index >= 15 is 0 Å². The van der Waals surface area contributed by atoms with Crippen molar-refractivity contribution in [2.24, 2.45) is 5.84 Å². The largest absolute Gasteiger partial charge is 0.459 e. The Morgan fingerprint density at radius 2 is 2.05 bits per heavy atom. The van der Waals surface area contributed by atoms with Crippen molar-refractivity contribution in [2.45, 2.75) is 25.3 Å². The standard InChI is InChI=1S/C18H18N2O/c1-11-5-4-7-13-10-16(21-18(11)13)17(20-19)15-9-12-6-2-3-8-14(12)15/h2-8,10,15,17,20H,9,19H2,1H3. The Hall–Kier alpha value is -2.10. The molecule has 2 aromatic carbocycles. The van der Waals surface area contributed by atoms with Crippen molar-refractivity contribution in [2.75, 3.05) is 0 Å². The van der Waals surface area contributed by atoms with E-state index in [-0.39, 0.29) is 6.04 Å². The minimum atomic E-state index is 0.0201. The molecule has 2 atom stereocenters. The van der Waals surface area contributed by atoms with E-state index in [1.54, 1.807) is 0 Å². The average molecular weight is 278 g/mol. The maximum atomic E-state index is 6.08. The molecule has 0 aliphatic heterocycles. The molecule has 2 unspecified atom stereocenters. The second-order valence-corrected chi connectivity index (χ2v) is 5.80. The number of rotatable bonds is 3. The van der Waals surface area contributed by atoms with Crippen molar-refractivity contribution in [3.63, 3.8) is 0 Å². The highest BCUT2D eigenvalue weighted by atomic mass is 16.3. The normalized spacial score (nSPS) is 18.3. The van der Waals surface area contributed by atoms with Crippen LogP contribution in [-0.4, -0.2) is 0 Å². The fraction of sp³-hybridized carbons (Fsp3) is 0.222. The monoisotopic (exact) mass is 278 g/mol. The molecule has 3 aromatic rings. The van der Waals surface area contributed by atoms with Crippen LogP contribution < -0.4 is 11.3 Å². The first-order valence-corrected chi connectivity index (χ1v) is 7.31. The molecule has 1 heterocycles. The Balaban J connectivity index is 1.75. The van der Waals surface area contributed by atoms with Gasteiger partial charge in [0.25, 0.3) is 0 Å². The molecule has 106 valence electrons. The Kier molecular flexibility index (Phi) is 2.84. The van der Waals surface area contributed by atoms with Crippen molar-refractivity contribution in [1.29, 1.82) is 0 Å². The van der Waals surface area contributed by atoms with Gasteiger partial charge in [-0.25, -0.2) is 5.43 Å². The van der Waals surface area contributed by atoms with Gasteiger partial charge in [0.15, 0.2) is 0 Å². The van der Waals surface area contributed by atoms with Gasteiger partial charge in [0.1, 0.15) is 11.3 Å². The number of nitrogens with one attached hydrogen (secondary N) is 1. The van der Waals surface area contributed by atoms with Crippen LogP contribution in [0.4, 0.5) is 0 Å². The van der Waals surface area contributed by atoms with Crippen LogP contribution in [0.25, 0.3) is 11.0 Å². The molecule has 0 saturated heterocycles. The van der Waals surface area contributed by atoms with E-state index in [4.69, 9.17) is 10.3 Å². The number of aryl methyl sites for hydroxylation is 1. The molecule has 0 fully saturated rings. The van der Waals surface area contributed by atoms with Gasteiger partial charge in [-0.05, 0) is 36.1 Å². The summed E-state index contributed by atoms with van der Waals surface area (Å²) in [5, 5.41) is 1.14. The molecule has 0 saturated carbocycles. The van der Waals surface area contributed by atoms with Crippen LogP contribution in [0.3, 0.4) is 0 Å². The van der Waals surface area contributed by atoms with Gasteiger partial charge in [-0.15, -0.1) is 0 Å². The summed E-state index contributed by atoms with van der Waals surface area (Å²) in [7, 11) is 0. The predicted octanol–water partition coefficient (Wildman–Crippen LogP) is 3.59. The van der Waals surface area contributed by atoms with Crippen LogP contribution >= 0.6 is 0 Å². The van der Waals surface area contributed by atoms with Crippen LogP contribution in [0.1, 0.15) is 34.4 Å². The number of benzene rings is 2. The third-order valence-corrected chi connectivity index (χ3v) is 4.54. The first-order valence-electron chi connectivity index (χ1n) is 7.31. The van der Waals surface area contributed by atoms with Crippen LogP contribution in [0.2, 0.25) is 0 Å². The fourth-order valence-electron chi connectivity index (χ4n) is 3.37. The molecular weight excluding hydrogens is 260 g/mol. The third kappa shape index (κ3) is 1.89. The predicted molar refractivity (Wildman–Crippen MR) is 83.9 cm³/mol. The van der Waals surface area contributed by atoms with E-state index in [2.05, 4.69) is 60.9 Å². The van der Waals surface area contributed by atoms with Crippen molar-refractivity contribution >= 4 is 11.0 Å². The lowest BCUT2D eigenvalue weighted by Gasteiger charge is -2.35. The van der Waals surface area contributed by atoms with Crippen LogP contribution in [0.15, 0.2) is 52.9 Å². The number of nitrogens with two attached hydrogens (primary N) is 1. The summed E-state index contributed by atoms with van der Waals surface area (Å²) in [4.78, 5) is 0. The van der Waals surface area contributed by atoms with Crippen LogP contribution in [-0.2, 0) is 6.42 Å². The molecular formula is C18H18N2O. The molecule has 1 aliphatic rings. The van der Waals surface area contributed by atoms with Crippen LogP contribution in [0.5, 0.6) is 0 Å². The lowest BCUT2D eigenvalue weighted by atomic mass is 9.73. The van der Waals surface area contributed by atoms with Gasteiger partial charge in [0.05, 0.1) is 6.04 Å². The molecule has 0 amide bonds. The van der Waals surface area contributed by atoms with Gasteiger partial charge in [-0.3, -0.25) is 5.84 Å². The minimum Gasteiger partial charge on any atom is -0.459 e. The van der Waals surface area contributed by atoms with Crippen LogP contribution in [0, 0.1) is 6.92 Å². The molecule has 1 aliphatic carbocycles. The molecule has 4 rings (SSSR count). The first-order chi connectivity index (χ1) is 10.3.